The van der Waals surface area contributed by atoms with Gasteiger partial charge in [-0.2, -0.15) is 18.6 Å². The molecule has 0 atom stereocenters. The molecule has 0 saturated carbocycles. The molecule has 2 rings (SSSR count). The maximum atomic E-state index is 12.0. The Kier molecular flexibility index (Phi) is 4.45. The maximum absolute atomic E-state index is 12.0. The molecule has 1 aromatic carbocycles. The van der Waals surface area contributed by atoms with Gasteiger partial charge in [0.2, 0.25) is 5.16 Å². The standard InChI is InChI=1S/C11H10F2N4OS/c1-19-11-16-14-7-17(11)15-6-8-2-4-9(5-3-8)18-10(12)13/h2-7,10H,1H3/b15-6+. The van der Waals surface area contributed by atoms with Gasteiger partial charge in [-0.15, -0.1) is 10.2 Å². The first kappa shape index (κ1) is 13.5. The van der Waals surface area contributed by atoms with Gasteiger partial charge in [-0.1, -0.05) is 11.8 Å². The smallest absolute Gasteiger partial charge is 0.387 e. The van der Waals surface area contributed by atoms with Crippen molar-refractivity contribution in [3.05, 3.63) is 36.2 Å². The summed E-state index contributed by atoms with van der Waals surface area (Å²) in [4.78, 5) is 0. The number of aromatic nitrogens is 3. The summed E-state index contributed by atoms with van der Waals surface area (Å²) in [5, 5.41) is 12.4. The largest absolute Gasteiger partial charge is 0.435 e. The van der Waals surface area contributed by atoms with Crippen LogP contribution < -0.4 is 4.74 Å². The topological polar surface area (TPSA) is 52.3 Å². The van der Waals surface area contributed by atoms with Crippen LogP contribution in [0.5, 0.6) is 5.75 Å². The van der Waals surface area contributed by atoms with Gasteiger partial charge in [-0.25, -0.2) is 0 Å². The summed E-state index contributed by atoms with van der Waals surface area (Å²) >= 11 is 1.42. The summed E-state index contributed by atoms with van der Waals surface area (Å²) in [6.07, 6.45) is 4.93. The zero-order chi connectivity index (χ0) is 13.7. The van der Waals surface area contributed by atoms with Crippen molar-refractivity contribution < 1.29 is 13.5 Å². The molecular formula is C11H10F2N4OS. The fourth-order valence-corrected chi connectivity index (χ4v) is 1.71. The van der Waals surface area contributed by atoms with E-state index < -0.39 is 6.61 Å². The lowest BCUT2D eigenvalue weighted by atomic mass is 10.2. The first-order chi connectivity index (χ1) is 9.19. The van der Waals surface area contributed by atoms with E-state index in [4.69, 9.17) is 0 Å². The van der Waals surface area contributed by atoms with E-state index in [1.807, 2.05) is 6.26 Å². The molecule has 0 saturated heterocycles. The van der Waals surface area contributed by atoms with Gasteiger partial charge in [-0.3, -0.25) is 0 Å². The van der Waals surface area contributed by atoms with Crippen molar-refractivity contribution in [3.8, 4) is 5.75 Å². The third-order valence-corrected chi connectivity index (χ3v) is 2.75. The highest BCUT2D eigenvalue weighted by atomic mass is 32.2. The summed E-state index contributed by atoms with van der Waals surface area (Å²) in [6.45, 7) is -2.82. The monoisotopic (exact) mass is 284 g/mol. The van der Waals surface area contributed by atoms with E-state index in [0.29, 0.717) is 5.16 Å². The average molecular weight is 284 g/mol. The average Bonchev–Trinajstić information content (AvgIpc) is 2.84. The normalized spacial score (nSPS) is 11.4. The molecule has 0 fully saturated rings. The van der Waals surface area contributed by atoms with Gasteiger partial charge in [0.1, 0.15) is 12.1 Å². The van der Waals surface area contributed by atoms with Crippen LogP contribution in [0.2, 0.25) is 0 Å². The Morgan fingerprint density at radius 1 is 1.37 bits per heavy atom. The number of hydrogen-bond donors (Lipinski definition) is 0. The summed E-state index contributed by atoms with van der Waals surface area (Å²) in [5.41, 5.74) is 0.752. The van der Waals surface area contributed by atoms with Crippen LogP contribution in [0.4, 0.5) is 8.78 Å². The first-order valence-electron chi connectivity index (χ1n) is 5.22. The van der Waals surface area contributed by atoms with Gasteiger partial charge in [-0.05, 0) is 36.1 Å². The molecule has 0 aliphatic rings. The molecule has 0 N–H and O–H groups in total. The third-order valence-electron chi connectivity index (χ3n) is 2.12. The number of halogens is 2. The van der Waals surface area contributed by atoms with E-state index >= 15 is 0 Å². The quantitative estimate of drug-likeness (QED) is 0.625. The van der Waals surface area contributed by atoms with Crippen molar-refractivity contribution in [2.24, 2.45) is 5.10 Å². The molecule has 1 aromatic heterocycles. The molecule has 8 heteroatoms. The molecular weight excluding hydrogens is 274 g/mol. The molecule has 0 radical (unpaired) electrons. The van der Waals surface area contributed by atoms with Crippen LogP contribution in [0, 0.1) is 0 Å². The van der Waals surface area contributed by atoms with Gasteiger partial charge in [0, 0.05) is 0 Å². The number of benzene rings is 1. The Labute approximate surface area is 112 Å². The number of alkyl halides is 2. The molecule has 100 valence electrons. The number of rotatable bonds is 5. The predicted octanol–water partition coefficient (Wildman–Crippen LogP) is 2.48. The highest BCUT2D eigenvalue weighted by Crippen LogP contribution is 2.14. The SMILES string of the molecule is CSc1nncn1/N=C/c1ccc(OC(F)F)cc1. The molecule has 0 spiro atoms. The second-order valence-electron chi connectivity index (χ2n) is 3.35. The van der Waals surface area contributed by atoms with Gasteiger partial charge >= 0.3 is 6.61 Å². The Morgan fingerprint density at radius 2 is 2.11 bits per heavy atom. The van der Waals surface area contributed by atoms with Crippen LogP contribution in [-0.2, 0) is 0 Å². The van der Waals surface area contributed by atoms with Crippen LogP contribution in [0.15, 0.2) is 40.9 Å². The van der Waals surface area contributed by atoms with Crippen molar-refractivity contribution in [2.45, 2.75) is 11.8 Å². The van der Waals surface area contributed by atoms with Crippen molar-refractivity contribution in [3.63, 3.8) is 0 Å². The summed E-state index contributed by atoms with van der Waals surface area (Å²) in [5.74, 6) is 0.112. The van der Waals surface area contributed by atoms with Crippen LogP contribution in [-0.4, -0.2) is 34.0 Å². The Balaban J connectivity index is 2.07. The lowest BCUT2D eigenvalue weighted by molar-refractivity contribution is -0.0498. The van der Waals surface area contributed by atoms with E-state index in [0.717, 1.165) is 5.56 Å². The minimum Gasteiger partial charge on any atom is -0.435 e. The molecule has 19 heavy (non-hydrogen) atoms. The van der Waals surface area contributed by atoms with Crippen molar-refractivity contribution >= 4 is 18.0 Å². The summed E-state index contributed by atoms with van der Waals surface area (Å²) in [6, 6.07) is 6.17. The fourth-order valence-electron chi connectivity index (χ4n) is 1.30. The number of thioether (sulfide) groups is 1. The molecule has 0 amide bonds. The zero-order valence-electron chi connectivity index (χ0n) is 9.90. The molecule has 1 heterocycles. The lowest BCUT2D eigenvalue weighted by Gasteiger charge is -2.03. The van der Waals surface area contributed by atoms with Gasteiger partial charge < -0.3 is 4.74 Å². The number of ether oxygens (including phenoxy) is 1. The Morgan fingerprint density at radius 3 is 2.74 bits per heavy atom. The predicted molar refractivity (Wildman–Crippen MR) is 67.9 cm³/mol. The zero-order valence-corrected chi connectivity index (χ0v) is 10.7. The minimum atomic E-state index is -2.82. The van der Waals surface area contributed by atoms with E-state index in [-0.39, 0.29) is 5.75 Å². The summed E-state index contributed by atoms with van der Waals surface area (Å²) < 4.78 is 29.7. The first-order valence-corrected chi connectivity index (χ1v) is 6.45. The van der Waals surface area contributed by atoms with Crippen molar-refractivity contribution in [1.82, 2.24) is 14.9 Å². The highest BCUT2D eigenvalue weighted by molar-refractivity contribution is 7.98. The van der Waals surface area contributed by atoms with Gasteiger partial charge in [0.15, 0.2) is 0 Å². The summed E-state index contributed by atoms with van der Waals surface area (Å²) in [7, 11) is 0. The van der Waals surface area contributed by atoms with Gasteiger partial charge in [0.05, 0.1) is 6.21 Å². The molecule has 2 aromatic rings. The van der Waals surface area contributed by atoms with E-state index in [1.165, 1.54) is 34.9 Å². The van der Waals surface area contributed by atoms with Crippen molar-refractivity contribution in [1.29, 1.82) is 0 Å². The minimum absolute atomic E-state index is 0.112. The maximum Gasteiger partial charge on any atom is 0.387 e. The molecule has 0 aliphatic carbocycles. The molecule has 5 nitrogen and oxygen atoms in total. The van der Waals surface area contributed by atoms with Crippen LogP contribution >= 0.6 is 11.8 Å². The third kappa shape index (κ3) is 3.75. The van der Waals surface area contributed by atoms with E-state index in [2.05, 4.69) is 20.0 Å². The second kappa shape index (κ2) is 6.28. The Bertz CT molecular complexity index is 556. The number of nitrogens with zero attached hydrogens (tertiary/aromatic N) is 4. The number of hydrogen-bond acceptors (Lipinski definition) is 5. The molecule has 0 bridgehead atoms. The molecule has 0 unspecified atom stereocenters. The highest BCUT2D eigenvalue weighted by Gasteiger charge is 2.03. The van der Waals surface area contributed by atoms with E-state index in [1.54, 1.807) is 18.3 Å². The lowest BCUT2D eigenvalue weighted by Crippen LogP contribution is -2.01. The van der Waals surface area contributed by atoms with Crippen LogP contribution in [0.25, 0.3) is 0 Å². The van der Waals surface area contributed by atoms with Crippen LogP contribution in [0.1, 0.15) is 5.56 Å². The van der Waals surface area contributed by atoms with E-state index in [9.17, 15) is 8.78 Å². The molecule has 0 aliphatic heterocycles. The fraction of sp³-hybridized carbons (Fsp3) is 0.182. The Hall–Kier alpha value is -1.96. The van der Waals surface area contributed by atoms with Crippen molar-refractivity contribution in [2.75, 3.05) is 6.26 Å². The van der Waals surface area contributed by atoms with Gasteiger partial charge in [0.25, 0.3) is 0 Å². The second-order valence-corrected chi connectivity index (χ2v) is 4.13. The van der Waals surface area contributed by atoms with Crippen LogP contribution in [0.3, 0.4) is 0 Å².